The van der Waals surface area contributed by atoms with Gasteiger partial charge in [-0.2, -0.15) is 0 Å². The molecule has 1 aromatic carbocycles. The fraction of sp³-hybridized carbons (Fsp3) is 0.636. The Morgan fingerprint density at radius 2 is 1.82 bits per heavy atom. The van der Waals surface area contributed by atoms with E-state index < -0.39 is 12.1 Å². The smallest absolute Gasteiger partial charge is 0.408 e. The SMILES string of the molecule is CC(C)[C@H](NC(=O)OCc1ccccc1)C(=O)NCCCOC1CCCCC1. The number of carbonyl (C=O) groups excluding carboxylic acids is 2. The van der Waals surface area contributed by atoms with Crippen LogP contribution in [0.25, 0.3) is 0 Å². The molecule has 0 bridgehead atoms. The van der Waals surface area contributed by atoms with Crippen LogP contribution in [0.15, 0.2) is 30.3 Å². The van der Waals surface area contributed by atoms with Gasteiger partial charge in [0, 0.05) is 13.2 Å². The highest BCUT2D eigenvalue weighted by Gasteiger charge is 2.24. The van der Waals surface area contributed by atoms with E-state index in [0.717, 1.165) is 24.8 Å². The molecule has 6 nitrogen and oxygen atoms in total. The summed E-state index contributed by atoms with van der Waals surface area (Å²) in [5.74, 6) is -0.230. The summed E-state index contributed by atoms with van der Waals surface area (Å²) in [4.78, 5) is 24.5. The predicted octanol–water partition coefficient (Wildman–Crippen LogP) is 3.79. The van der Waals surface area contributed by atoms with E-state index in [0.29, 0.717) is 19.3 Å². The summed E-state index contributed by atoms with van der Waals surface area (Å²) in [6.07, 6.45) is 6.69. The van der Waals surface area contributed by atoms with Gasteiger partial charge in [-0.25, -0.2) is 4.79 Å². The van der Waals surface area contributed by atoms with Crippen LogP contribution in [0.4, 0.5) is 4.79 Å². The Labute approximate surface area is 168 Å². The highest BCUT2D eigenvalue weighted by molar-refractivity contribution is 5.85. The molecule has 1 atom stereocenters. The number of hydrogen-bond acceptors (Lipinski definition) is 4. The van der Waals surface area contributed by atoms with Crippen molar-refractivity contribution >= 4 is 12.0 Å². The molecule has 2 N–H and O–H groups in total. The molecule has 0 aliphatic heterocycles. The van der Waals surface area contributed by atoms with Crippen molar-refractivity contribution in [3.63, 3.8) is 0 Å². The van der Waals surface area contributed by atoms with Crippen molar-refractivity contribution in [2.75, 3.05) is 13.2 Å². The van der Waals surface area contributed by atoms with Crippen molar-refractivity contribution in [3.8, 4) is 0 Å². The molecule has 2 rings (SSSR count). The van der Waals surface area contributed by atoms with Gasteiger partial charge in [-0.3, -0.25) is 4.79 Å². The standard InChI is InChI=1S/C22H34N2O4/c1-17(2)20(24-22(26)28-16-18-10-5-3-6-11-18)21(25)23-14-9-15-27-19-12-7-4-8-13-19/h3,5-6,10-11,17,19-20H,4,7-9,12-16H2,1-2H3,(H,23,25)(H,24,26)/t20-/m0/s1. The van der Waals surface area contributed by atoms with Crippen LogP contribution in [-0.2, 0) is 20.9 Å². The predicted molar refractivity (Wildman–Crippen MR) is 109 cm³/mol. The lowest BCUT2D eigenvalue weighted by atomic mass is 9.98. The molecule has 156 valence electrons. The zero-order chi connectivity index (χ0) is 20.2. The maximum atomic E-state index is 12.4. The molecule has 6 heteroatoms. The molecule has 1 aromatic rings. The topological polar surface area (TPSA) is 76.7 Å². The van der Waals surface area contributed by atoms with Gasteiger partial charge < -0.3 is 20.1 Å². The van der Waals surface area contributed by atoms with Gasteiger partial charge in [-0.1, -0.05) is 63.4 Å². The fourth-order valence-electron chi connectivity index (χ4n) is 3.30. The number of nitrogens with one attached hydrogen (secondary N) is 2. The number of benzene rings is 1. The minimum absolute atomic E-state index is 0.0391. The van der Waals surface area contributed by atoms with Crippen molar-refractivity contribution in [1.29, 1.82) is 0 Å². The van der Waals surface area contributed by atoms with Crippen molar-refractivity contribution in [2.45, 2.75) is 71.1 Å². The van der Waals surface area contributed by atoms with E-state index in [1.54, 1.807) is 0 Å². The average molecular weight is 391 g/mol. The zero-order valence-corrected chi connectivity index (χ0v) is 17.1. The summed E-state index contributed by atoms with van der Waals surface area (Å²) in [6.45, 7) is 5.17. The average Bonchev–Trinajstić information content (AvgIpc) is 2.71. The van der Waals surface area contributed by atoms with Crippen LogP contribution in [0.2, 0.25) is 0 Å². The van der Waals surface area contributed by atoms with Gasteiger partial charge >= 0.3 is 6.09 Å². The summed E-state index contributed by atoms with van der Waals surface area (Å²) in [7, 11) is 0. The molecule has 0 saturated heterocycles. The van der Waals surface area contributed by atoms with Crippen LogP contribution < -0.4 is 10.6 Å². The van der Waals surface area contributed by atoms with E-state index in [1.165, 1.54) is 19.3 Å². The van der Waals surface area contributed by atoms with Crippen LogP contribution in [0.3, 0.4) is 0 Å². The third kappa shape index (κ3) is 8.30. The molecule has 0 unspecified atom stereocenters. The summed E-state index contributed by atoms with van der Waals surface area (Å²) >= 11 is 0. The lowest BCUT2D eigenvalue weighted by molar-refractivity contribution is -0.124. The van der Waals surface area contributed by atoms with E-state index in [2.05, 4.69) is 10.6 Å². The normalized spacial score (nSPS) is 15.8. The largest absolute Gasteiger partial charge is 0.445 e. The molecule has 28 heavy (non-hydrogen) atoms. The maximum Gasteiger partial charge on any atom is 0.408 e. The highest BCUT2D eigenvalue weighted by atomic mass is 16.5. The van der Waals surface area contributed by atoms with Gasteiger partial charge in [0.25, 0.3) is 0 Å². The Hall–Kier alpha value is -2.08. The Bertz CT molecular complexity index is 585. The zero-order valence-electron chi connectivity index (χ0n) is 17.1. The second-order valence-corrected chi connectivity index (χ2v) is 7.70. The number of rotatable bonds is 10. The number of ether oxygens (including phenoxy) is 2. The van der Waals surface area contributed by atoms with Gasteiger partial charge in [0.2, 0.25) is 5.91 Å². The monoisotopic (exact) mass is 390 g/mol. The molecule has 1 aliphatic carbocycles. The number of amides is 2. The summed E-state index contributed by atoms with van der Waals surface area (Å²) in [6, 6.07) is 8.83. The van der Waals surface area contributed by atoms with Crippen LogP contribution in [0, 0.1) is 5.92 Å². The highest BCUT2D eigenvalue weighted by Crippen LogP contribution is 2.20. The summed E-state index contributed by atoms with van der Waals surface area (Å²) in [5, 5.41) is 5.57. The molecule has 2 amide bonds. The third-order valence-corrected chi connectivity index (χ3v) is 4.96. The second-order valence-electron chi connectivity index (χ2n) is 7.70. The Morgan fingerprint density at radius 1 is 1.11 bits per heavy atom. The van der Waals surface area contributed by atoms with Crippen LogP contribution in [0.5, 0.6) is 0 Å². The minimum Gasteiger partial charge on any atom is -0.445 e. The quantitative estimate of drug-likeness (QED) is 0.596. The van der Waals surface area contributed by atoms with Gasteiger partial charge in [0.1, 0.15) is 12.6 Å². The Balaban J connectivity index is 1.65. The maximum absolute atomic E-state index is 12.4. The molecule has 1 fully saturated rings. The minimum atomic E-state index is -0.623. The molecular weight excluding hydrogens is 356 g/mol. The van der Waals surface area contributed by atoms with Gasteiger partial charge in [-0.15, -0.1) is 0 Å². The molecule has 0 aromatic heterocycles. The first-order valence-corrected chi connectivity index (χ1v) is 10.4. The summed E-state index contributed by atoms with van der Waals surface area (Å²) in [5.41, 5.74) is 0.904. The Kier molecular flexibility index (Phi) is 9.83. The summed E-state index contributed by atoms with van der Waals surface area (Å²) < 4.78 is 11.1. The molecule has 1 aliphatic rings. The van der Waals surface area contributed by atoms with Crippen molar-refractivity contribution in [3.05, 3.63) is 35.9 Å². The van der Waals surface area contributed by atoms with Crippen molar-refractivity contribution in [1.82, 2.24) is 10.6 Å². The van der Waals surface area contributed by atoms with Crippen molar-refractivity contribution < 1.29 is 19.1 Å². The van der Waals surface area contributed by atoms with E-state index in [4.69, 9.17) is 9.47 Å². The van der Waals surface area contributed by atoms with E-state index in [9.17, 15) is 9.59 Å². The van der Waals surface area contributed by atoms with E-state index in [-0.39, 0.29) is 18.4 Å². The first-order valence-electron chi connectivity index (χ1n) is 10.4. The lowest BCUT2D eigenvalue weighted by Gasteiger charge is -2.23. The van der Waals surface area contributed by atoms with Crippen molar-refractivity contribution in [2.24, 2.45) is 5.92 Å². The van der Waals surface area contributed by atoms with Gasteiger partial charge in [0.15, 0.2) is 0 Å². The van der Waals surface area contributed by atoms with Crippen LogP contribution in [0.1, 0.15) is 57.9 Å². The number of hydrogen-bond donors (Lipinski definition) is 2. The van der Waals surface area contributed by atoms with E-state index in [1.807, 2.05) is 44.2 Å². The Morgan fingerprint density at radius 3 is 2.50 bits per heavy atom. The van der Waals surface area contributed by atoms with Gasteiger partial charge in [0.05, 0.1) is 6.10 Å². The second kappa shape index (κ2) is 12.4. The third-order valence-electron chi connectivity index (χ3n) is 4.96. The number of alkyl carbamates (subject to hydrolysis) is 1. The molecule has 1 saturated carbocycles. The van der Waals surface area contributed by atoms with Gasteiger partial charge in [-0.05, 0) is 30.7 Å². The first-order chi connectivity index (χ1) is 13.6. The number of carbonyl (C=O) groups is 2. The first kappa shape index (κ1) is 22.2. The fourth-order valence-corrected chi connectivity index (χ4v) is 3.30. The van der Waals surface area contributed by atoms with E-state index >= 15 is 0 Å². The molecular formula is C22H34N2O4. The molecule has 0 spiro atoms. The lowest BCUT2D eigenvalue weighted by Crippen LogP contribution is -2.50. The molecule has 0 heterocycles. The van der Waals surface area contributed by atoms with Crippen LogP contribution in [-0.4, -0.2) is 37.3 Å². The van der Waals surface area contributed by atoms with Crippen LogP contribution >= 0.6 is 0 Å². The molecule has 0 radical (unpaired) electrons.